The molecule has 0 radical (unpaired) electrons. The quantitative estimate of drug-likeness (QED) is 0.619. The van der Waals surface area contributed by atoms with Crippen LogP contribution in [0.2, 0.25) is 0 Å². The molecule has 1 nitrogen and oxygen atoms in total. The first-order valence-electron chi connectivity index (χ1n) is 4.97. The Morgan fingerprint density at radius 1 is 1.42 bits per heavy atom. The summed E-state index contributed by atoms with van der Waals surface area (Å²) in [6.07, 6.45) is 10.4. The maximum atomic E-state index is 2.41. The number of unbranched alkanes of at least 4 members (excludes halogenated alkanes) is 1. The zero-order valence-corrected chi connectivity index (χ0v) is 8.21. The van der Waals surface area contributed by atoms with E-state index in [4.69, 9.17) is 0 Å². The molecular weight excluding hydrogens is 146 g/mol. The van der Waals surface area contributed by atoms with Crippen LogP contribution in [0.4, 0.5) is 0 Å². The van der Waals surface area contributed by atoms with Gasteiger partial charge in [0, 0.05) is 13.1 Å². The Morgan fingerprint density at radius 3 is 2.92 bits per heavy atom. The molecule has 1 heteroatoms. The lowest BCUT2D eigenvalue weighted by molar-refractivity contribution is 0.388. The monoisotopic (exact) mass is 165 g/mol. The van der Waals surface area contributed by atoms with Gasteiger partial charge in [0.1, 0.15) is 0 Å². The molecule has 0 aromatic heterocycles. The third-order valence-electron chi connectivity index (χ3n) is 2.29. The first-order valence-corrected chi connectivity index (χ1v) is 4.97. The van der Waals surface area contributed by atoms with Crippen LogP contribution in [0.5, 0.6) is 0 Å². The van der Waals surface area contributed by atoms with Gasteiger partial charge in [0.15, 0.2) is 0 Å². The molecule has 0 aromatic carbocycles. The van der Waals surface area contributed by atoms with Crippen LogP contribution < -0.4 is 0 Å². The van der Waals surface area contributed by atoms with Crippen molar-refractivity contribution in [3.63, 3.8) is 0 Å². The number of hydrogen-bond acceptors (Lipinski definition) is 1. The van der Waals surface area contributed by atoms with Crippen LogP contribution in [0.3, 0.4) is 0 Å². The number of rotatable bonds is 4. The van der Waals surface area contributed by atoms with Crippen LogP contribution in [0.25, 0.3) is 0 Å². The fraction of sp³-hybridized carbons (Fsp3) is 0.636. The number of hydrogen-bond donors (Lipinski definition) is 0. The predicted octanol–water partition coefficient (Wildman–Crippen LogP) is 2.95. The van der Waals surface area contributed by atoms with Crippen LogP contribution >= 0.6 is 0 Å². The second-order valence-electron chi connectivity index (χ2n) is 3.34. The molecule has 0 aliphatic carbocycles. The van der Waals surface area contributed by atoms with Gasteiger partial charge in [-0.1, -0.05) is 31.9 Å². The lowest BCUT2D eigenvalue weighted by Crippen LogP contribution is -2.22. The predicted molar refractivity (Wildman–Crippen MR) is 54.0 cm³/mol. The molecule has 0 fully saturated rings. The molecule has 0 saturated heterocycles. The fourth-order valence-electron chi connectivity index (χ4n) is 1.41. The van der Waals surface area contributed by atoms with Crippen LogP contribution in [0.15, 0.2) is 23.9 Å². The average molecular weight is 165 g/mol. The number of allylic oxidation sites excluding steroid dienone is 2. The standard InChI is InChI=1S/C11H19N/c1-3-5-8-12-9-6-7-11(4-2)10-12/h6-7,9H,3-5,8,10H2,1-2H3. The Hall–Kier alpha value is -0.720. The van der Waals surface area contributed by atoms with E-state index in [1.165, 1.54) is 25.8 Å². The normalized spacial score (nSPS) is 16.5. The highest BCUT2D eigenvalue weighted by Gasteiger charge is 2.04. The molecule has 0 spiro atoms. The molecule has 0 bridgehead atoms. The largest absolute Gasteiger partial charge is 0.373 e. The van der Waals surface area contributed by atoms with Gasteiger partial charge in [-0.3, -0.25) is 0 Å². The van der Waals surface area contributed by atoms with E-state index in [0.717, 1.165) is 6.54 Å². The van der Waals surface area contributed by atoms with Crippen LogP contribution in [-0.4, -0.2) is 18.0 Å². The molecule has 0 N–H and O–H groups in total. The van der Waals surface area contributed by atoms with Crippen molar-refractivity contribution in [3.05, 3.63) is 23.9 Å². The average Bonchev–Trinajstić information content (AvgIpc) is 2.15. The molecule has 0 aromatic rings. The second-order valence-corrected chi connectivity index (χ2v) is 3.34. The summed E-state index contributed by atoms with van der Waals surface area (Å²) in [4.78, 5) is 2.41. The number of nitrogens with zero attached hydrogens (tertiary/aromatic N) is 1. The summed E-state index contributed by atoms with van der Waals surface area (Å²) in [6, 6.07) is 0. The third kappa shape index (κ3) is 2.72. The van der Waals surface area contributed by atoms with E-state index in [2.05, 4.69) is 37.1 Å². The Labute approximate surface area is 75.8 Å². The van der Waals surface area contributed by atoms with Gasteiger partial charge >= 0.3 is 0 Å². The Balaban J connectivity index is 2.32. The highest BCUT2D eigenvalue weighted by Crippen LogP contribution is 2.10. The summed E-state index contributed by atoms with van der Waals surface area (Å²) in [7, 11) is 0. The summed E-state index contributed by atoms with van der Waals surface area (Å²) in [5.41, 5.74) is 1.55. The maximum absolute atomic E-state index is 2.41. The molecular formula is C11H19N. The van der Waals surface area contributed by atoms with Gasteiger partial charge in [0.25, 0.3) is 0 Å². The third-order valence-corrected chi connectivity index (χ3v) is 2.29. The van der Waals surface area contributed by atoms with E-state index in [1.807, 2.05) is 0 Å². The van der Waals surface area contributed by atoms with Crippen molar-refractivity contribution >= 4 is 0 Å². The van der Waals surface area contributed by atoms with E-state index in [9.17, 15) is 0 Å². The van der Waals surface area contributed by atoms with Gasteiger partial charge in [0.2, 0.25) is 0 Å². The van der Waals surface area contributed by atoms with Crippen molar-refractivity contribution < 1.29 is 0 Å². The molecule has 1 rings (SSSR count). The summed E-state index contributed by atoms with van der Waals surface area (Å²) >= 11 is 0. The molecule has 0 amide bonds. The lowest BCUT2D eigenvalue weighted by atomic mass is 10.1. The molecule has 1 aliphatic heterocycles. The minimum atomic E-state index is 1.15. The Bertz CT molecular complexity index is 179. The van der Waals surface area contributed by atoms with Crippen LogP contribution in [0.1, 0.15) is 33.1 Å². The van der Waals surface area contributed by atoms with Gasteiger partial charge in [-0.25, -0.2) is 0 Å². The molecule has 0 saturated carbocycles. The van der Waals surface area contributed by atoms with Crippen LogP contribution in [-0.2, 0) is 0 Å². The zero-order chi connectivity index (χ0) is 8.81. The lowest BCUT2D eigenvalue weighted by Gasteiger charge is -2.23. The zero-order valence-electron chi connectivity index (χ0n) is 8.21. The van der Waals surface area contributed by atoms with Crippen molar-refractivity contribution in [1.29, 1.82) is 0 Å². The van der Waals surface area contributed by atoms with Crippen molar-refractivity contribution in [3.8, 4) is 0 Å². The summed E-state index contributed by atoms with van der Waals surface area (Å²) in [5, 5.41) is 0. The molecule has 12 heavy (non-hydrogen) atoms. The minimum absolute atomic E-state index is 1.15. The highest BCUT2D eigenvalue weighted by atomic mass is 15.1. The smallest absolute Gasteiger partial charge is 0.0386 e. The van der Waals surface area contributed by atoms with Crippen molar-refractivity contribution in [2.45, 2.75) is 33.1 Å². The summed E-state index contributed by atoms with van der Waals surface area (Å²) in [5.74, 6) is 0. The van der Waals surface area contributed by atoms with Crippen LogP contribution in [0, 0.1) is 0 Å². The Kier molecular flexibility index (Phi) is 3.92. The highest BCUT2D eigenvalue weighted by molar-refractivity contribution is 5.18. The first-order chi connectivity index (χ1) is 5.86. The van der Waals surface area contributed by atoms with Gasteiger partial charge < -0.3 is 4.90 Å². The van der Waals surface area contributed by atoms with E-state index in [-0.39, 0.29) is 0 Å². The van der Waals surface area contributed by atoms with E-state index >= 15 is 0 Å². The summed E-state index contributed by atoms with van der Waals surface area (Å²) < 4.78 is 0. The first kappa shape index (κ1) is 9.37. The van der Waals surface area contributed by atoms with Gasteiger partial charge in [-0.05, 0) is 25.1 Å². The molecule has 0 atom stereocenters. The SMILES string of the molecule is CCCCN1C=CC=C(CC)C1. The second kappa shape index (κ2) is 5.02. The van der Waals surface area contributed by atoms with E-state index < -0.39 is 0 Å². The van der Waals surface area contributed by atoms with E-state index in [1.54, 1.807) is 5.57 Å². The molecule has 0 unspecified atom stereocenters. The van der Waals surface area contributed by atoms with Gasteiger partial charge in [-0.2, -0.15) is 0 Å². The van der Waals surface area contributed by atoms with Gasteiger partial charge in [-0.15, -0.1) is 0 Å². The summed E-state index contributed by atoms with van der Waals surface area (Å²) in [6.45, 7) is 6.82. The van der Waals surface area contributed by atoms with Crippen molar-refractivity contribution in [2.24, 2.45) is 0 Å². The topological polar surface area (TPSA) is 3.24 Å². The van der Waals surface area contributed by atoms with Crippen molar-refractivity contribution in [1.82, 2.24) is 4.90 Å². The molecule has 1 aliphatic rings. The molecule has 68 valence electrons. The maximum Gasteiger partial charge on any atom is 0.0386 e. The van der Waals surface area contributed by atoms with E-state index in [0.29, 0.717) is 0 Å². The fourth-order valence-corrected chi connectivity index (χ4v) is 1.41. The minimum Gasteiger partial charge on any atom is -0.373 e. The van der Waals surface area contributed by atoms with Crippen molar-refractivity contribution in [2.75, 3.05) is 13.1 Å². The van der Waals surface area contributed by atoms with Gasteiger partial charge in [0.05, 0.1) is 0 Å². The Morgan fingerprint density at radius 2 is 2.25 bits per heavy atom. The molecule has 1 heterocycles.